The average molecular weight is 283 g/mol. The molecule has 0 aliphatic rings. The van der Waals surface area contributed by atoms with E-state index in [1.54, 1.807) is 30.3 Å². The quantitative estimate of drug-likeness (QED) is 0.725. The molecule has 0 bridgehead atoms. The summed E-state index contributed by atoms with van der Waals surface area (Å²) in [7, 11) is 0. The number of carbonyl (C=O) groups excluding carboxylic acids is 1. The van der Waals surface area contributed by atoms with Crippen LogP contribution < -0.4 is 11.5 Å². The number of rotatable bonds is 3. The Morgan fingerprint density at radius 2 is 2.00 bits per heavy atom. The Balaban J connectivity index is 1.99. The van der Waals surface area contributed by atoms with Crippen LogP contribution in [-0.2, 0) is 6.54 Å². The summed E-state index contributed by atoms with van der Waals surface area (Å²) in [5.41, 5.74) is 13.7. The number of nitrogen functional groups attached to an aromatic ring is 1. The van der Waals surface area contributed by atoms with Crippen molar-refractivity contribution in [2.75, 3.05) is 5.73 Å². The molecular formula is C16H14FN3O. The molecule has 0 aliphatic carbocycles. The number of benzene rings is 2. The lowest BCUT2D eigenvalue weighted by Gasteiger charge is -2.09. The predicted molar refractivity (Wildman–Crippen MR) is 80.4 cm³/mol. The van der Waals surface area contributed by atoms with E-state index in [-0.39, 0.29) is 5.82 Å². The van der Waals surface area contributed by atoms with Crippen molar-refractivity contribution in [1.29, 1.82) is 0 Å². The Labute approximate surface area is 120 Å². The van der Waals surface area contributed by atoms with E-state index in [9.17, 15) is 9.18 Å². The normalized spacial score (nSPS) is 10.9. The van der Waals surface area contributed by atoms with E-state index >= 15 is 0 Å². The van der Waals surface area contributed by atoms with Crippen molar-refractivity contribution in [1.82, 2.24) is 4.57 Å². The highest BCUT2D eigenvalue weighted by molar-refractivity contribution is 5.93. The largest absolute Gasteiger partial charge is 0.398 e. The first-order valence-corrected chi connectivity index (χ1v) is 6.48. The molecule has 1 aromatic heterocycles. The van der Waals surface area contributed by atoms with Crippen molar-refractivity contribution in [3.63, 3.8) is 0 Å². The molecule has 2 aromatic carbocycles. The number of hydrogen-bond donors (Lipinski definition) is 2. The predicted octanol–water partition coefficient (Wildman–Crippen LogP) is 2.51. The smallest absolute Gasteiger partial charge is 0.248 e. The molecule has 0 fully saturated rings. The van der Waals surface area contributed by atoms with Gasteiger partial charge in [-0.15, -0.1) is 0 Å². The molecule has 1 amide bonds. The lowest BCUT2D eigenvalue weighted by Crippen LogP contribution is -2.12. The van der Waals surface area contributed by atoms with E-state index < -0.39 is 5.91 Å². The zero-order valence-electron chi connectivity index (χ0n) is 11.2. The van der Waals surface area contributed by atoms with Crippen molar-refractivity contribution in [3.05, 3.63) is 65.6 Å². The standard InChI is InChI=1S/C16H14FN3O/c17-13-2-1-3-15-12(13)6-7-20(15)9-11-5-4-10(16(19)21)8-14(11)18/h1-8H,9,18H2,(H2,19,21). The van der Waals surface area contributed by atoms with Crippen molar-refractivity contribution in [2.45, 2.75) is 6.54 Å². The molecule has 4 nitrogen and oxygen atoms in total. The summed E-state index contributed by atoms with van der Waals surface area (Å²) in [6.07, 6.45) is 1.81. The molecule has 0 aliphatic heterocycles. The van der Waals surface area contributed by atoms with Gasteiger partial charge in [-0.2, -0.15) is 0 Å². The topological polar surface area (TPSA) is 74.0 Å². The van der Waals surface area contributed by atoms with Gasteiger partial charge in [0.2, 0.25) is 5.91 Å². The molecule has 0 radical (unpaired) electrons. The van der Waals surface area contributed by atoms with Crippen LogP contribution in [-0.4, -0.2) is 10.5 Å². The lowest BCUT2D eigenvalue weighted by molar-refractivity contribution is 0.100. The number of nitrogens with two attached hydrogens (primary N) is 2. The van der Waals surface area contributed by atoms with Gasteiger partial charge in [-0.25, -0.2) is 4.39 Å². The molecule has 3 aromatic rings. The highest BCUT2D eigenvalue weighted by Gasteiger charge is 2.08. The van der Waals surface area contributed by atoms with E-state index in [2.05, 4.69) is 0 Å². The summed E-state index contributed by atoms with van der Waals surface area (Å²) in [5.74, 6) is -0.759. The van der Waals surface area contributed by atoms with Crippen molar-refractivity contribution >= 4 is 22.5 Å². The first kappa shape index (κ1) is 13.2. The maximum Gasteiger partial charge on any atom is 0.248 e. The highest BCUT2D eigenvalue weighted by Crippen LogP contribution is 2.22. The number of aromatic nitrogens is 1. The molecule has 0 unspecified atom stereocenters. The third-order valence-electron chi connectivity index (χ3n) is 3.53. The van der Waals surface area contributed by atoms with E-state index in [1.165, 1.54) is 6.07 Å². The van der Waals surface area contributed by atoms with Crippen LogP contribution in [0.25, 0.3) is 10.9 Å². The van der Waals surface area contributed by atoms with Crippen LogP contribution in [0.1, 0.15) is 15.9 Å². The third-order valence-corrected chi connectivity index (χ3v) is 3.53. The summed E-state index contributed by atoms with van der Waals surface area (Å²) >= 11 is 0. The first-order chi connectivity index (χ1) is 10.1. The highest BCUT2D eigenvalue weighted by atomic mass is 19.1. The zero-order valence-corrected chi connectivity index (χ0v) is 11.2. The molecule has 0 saturated heterocycles. The van der Waals surface area contributed by atoms with Gasteiger partial charge in [0, 0.05) is 29.4 Å². The Bertz CT molecular complexity index is 839. The fourth-order valence-electron chi connectivity index (χ4n) is 2.40. The van der Waals surface area contributed by atoms with E-state index in [1.807, 2.05) is 16.8 Å². The molecule has 106 valence electrons. The van der Waals surface area contributed by atoms with E-state index in [0.29, 0.717) is 23.2 Å². The number of anilines is 1. The Hall–Kier alpha value is -2.82. The summed E-state index contributed by atoms with van der Waals surface area (Å²) in [4.78, 5) is 11.1. The number of hydrogen-bond acceptors (Lipinski definition) is 2. The second kappa shape index (κ2) is 4.94. The molecule has 1 heterocycles. The van der Waals surface area contributed by atoms with E-state index in [4.69, 9.17) is 11.5 Å². The van der Waals surface area contributed by atoms with Crippen molar-refractivity contribution < 1.29 is 9.18 Å². The van der Waals surface area contributed by atoms with Crippen LogP contribution in [0.2, 0.25) is 0 Å². The van der Waals surface area contributed by atoms with Gasteiger partial charge in [-0.05, 0) is 35.9 Å². The van der Waals surface area contributed by atoms with Gasteiger partial charge < -0.3 is 16.0 Å². The van der Waals surface area contributed by atoms with Crippen LogP contribution in [0.3, 0.4) is 0 Å². The molecule has 3 rings (SSSR count). The maximum atomic E-state index is 13.7. The minimum atomic E-state index is -0.512. The lowest BCUT2D eigenvalue weighted by atomic mass is 10.1. The van der Waals surface area contributed by atoms with Gasteiger partial charge in [-0.3, -0.25) is 4.79 Å². The molecule has 21 heavy (non-hydrogen) atoms. The average Bonchev–Trinajstić information content (AvgIpc) is 2.85. The maximum absolute atomic E-state index is 13.7. The number of primary amides is 1. The molecule has 0 atom stereocenters. The van der Waals surface area contributed by atoms with Crippen LogP contribution >= 0.6 is 0 Å². The second-order valence-corrected chi connectivity index (χ2v) is 4.89. The molecular weight excluding hydrogens is 269 g/mol. The number of halogens is 1. The van der Waals surface area contributed by atoms with Crippen LogP contribution in [0.15, 0.2) is 48.7 Å². The Morgan fingerprint density at radius 1 is 1.19 bits per heavy atom. The number of nitrogens with zero attached hydrogens (tertiary/aromatic N) is 1. The SMILES string of the molecule is NC(=O)c1ccc(Cn2ccc3c(F)cccc32)c(N)c1. The van der Waals surface area contributed by atoms with Gasteiger partial charge in [0.25, 0.3) is 0 Å². The van der Waals surface area contributed by atoms with Gasteiger partial charge in [0.1, 0.15) is 5.82 Å². The summed E-state index contributed by atoms with van der Waals surface area (Å²) in [5, 5.41) is 0.574. The fraction of sp³-hybridized carbons (Fsp3) is 0.0625. The zero-order chi connectivity index (χ0) is 15.0. The minimum Gasteiger partial charge on any atom is -0.398 e. The number of fused-ring (bicyclic) bond motifs is 1. The minimum absolute atomic E-state index is 0.247. The Morgan fingerprint density at radius 3 is 2.71 bits per heavy atom. The van der Waals surface area contributed by atoms with Crippen LogP contribution in [0.4, 0.5) is 10.1 Å². The van der Waals surface area contributed by atoms with Gasteiger partial charge in [-0.1, -0.05) is 12.1 Å². The van der Waals surface area contributed by atoms with Crippen LogP contribution in [0, 0.1) is 5.82 Å². The monoisotopic (exact) mass is 283 g/mol. The van der Waals surface area contributed by atoms with E-state index in [0.717, 1.165) is 11.1 Å². The first-order valence-electron chi connectivity index (χ1n) is 6.48. The third kappa shape index (κ3) is 2.33. The Kier molecular flexibility index (Phi) is 3.10. The fourth-order valence-corrected chi connectivity index (χ4v) is 2.40. The summed E-state index contributed by atoms with van der Waals surface area (Å²) in [6.45, 7) is 0.498. The van der Waals surface area contributed by atoms with Crippen molar-refractivity contribution in [2.24, 2.45) is 5.73 Å². The summed E-state index contributed by atoms with van der Waals surface area (Å²) in [6, 6.07) is 11.7. The van der Waals surface area contributed by atoms with Crippen molar-refractivity contribution in [3.8, 4) is 0 Å². The molecule has 0 spiro atoms. The summed E-state index contributed by atoms with van der Waals surface area (Å²) < 4.78 is 15.6. The van der Waals surface area contributed by atoms with Gasteiger partial charge >= 0.3 is 0 Å². The number of carbonyl (C=O) groups is 1. The van der Waals surface area contributed by atoms with Gasteiger partial charge in [0.05, 0.1) is 5.52 Å². The van der Waals surface area contributed by atoms with Crippen LogP contribution in [0.5, 0.6) is 0 Å². The molecule has 4 N–H and O–H groups in total. The molecule has 0 saturated carbocycles. The van der Waals surface area contributed by atoms with Gasteiger partial charge in [0.15, 0.2) is 0 Å². The number of amides is 1. The second-order valence-electron chi connectivity index (χ2n) is 4.89. The molecule has 5 heteroatoms.